The molecule has 0 radical (unpaired) electrons. The summed E-state index contributed by atoms with van der Waals surface area (Å²) in [7, 11) is 0. The van der Waals surface area contributed by atoms with Gasteiger partial charge >= 0.3 is 0 Å². The molecule has 0 aromatic carbocycles. The monoisotopic (exact) mass is 390 g/mol. The van der Waals surface area contributed by atoms with E-state index in [1.165, 1.54) is 0 Å². The number of rotatable bonds is 4. The summed E-state index contributed by atoms with van der Waals surface area (Å²) < 4.78 is 36.0. The largest absolute Gasteiger partial charge is 0.440 e. The van der Waals surface area contributed by atoms with Crippen molar-refractivity contribution in [3.05, 3.63) is 29.5 Å². The van der Waals surface area contributed by atoms with E-state index in [1.807, 2.05) is 12.2 Å². The second-order valence-electron chi connectivity index (χ2n) is 10.2. The van der Waals surface area contributed by atoms with Gasteiger partial charge in [0.05, 0.1) is 11.6 Å². The molecule has 1 saturated heterocycles. The maximum absolute atomic E-state index is 15.6. The molecule has 1 saturated carbocycles. The van der Waals surface area contributed by atoms with Crippen LogP contribution in [0.3, 0.4) is 0 Å². The highest BCUT2D eigenvalue weighted by molar-refractivity contribution is 5.63. The van der Waals surface area contributed by atoms with Crippen LogP contribution in [-0.4, -0.2) is 29.9 Å². The Hall–Kier alpha value is -1.49. The van der Waals surface area contributed by atoms with E-state index < -0.39 is 22.7 Å². The number of nitrogens with zero attached hydrogens (tertiary/aromatic N) is 1. The fourth-order valence-corrected chi connectivity index (χ4v) is 5.32. The van der Waals surface area contributed by atoms with Crippen molar-refractivity contribution in [2.45, 2.75) is 71.1 Å². The average Bonchev–Trinajstić information content (AvgIpc) is 3.01. The van der Waals surface area contributed by atoms with Crippen molar-refractivity contribution in [2.75, 3.05) is 13.1 Å². The first-order chi connectivity index (χ1) is 13.0. The van der Waals surface area contributed by atoms with Gasteiger partial charge in [-0.15, -0.1) is 0 Å². The molecule has 1 aliphatic heterocycles. The lowest BCUT2D eigenvalue weighted by atomic mass is 9.70. The Bertz CT molecular complexity index is 785. The van der Waals surface area contributed by atoms with Crippen LogP contribution < -0.4 is 5.32 Å². The van der Waals surface area contributed by atoms with Crippen LogP contribution in [0.5, 0.6) is 0 Å². The lowest BCUT2D eigenvalue weighted by molar-refractivity contribution is -0.00605. The molecule has 2 fully saturated rings. The van der Waals surface area contributed by atoms with Crippen LogP contribution in [0.25, 0.3) is 12.2 Å². The predicted octanol–water partition coefficient (Wildman–Crippen LogP) is 5.47. The van der Waals surface area contributed by atoms with E-state index in [9.17, 15) is 4.39 Å². The molecule has 1 aromatic rings. The summed E-state index contributed by atoms with van der Waals surface area (Å²) in [5, 5.41) is 3.21. The second kappa shape index (κ2) is 6.25. The normalized spacial score (nSPS) is 37.1. The Morgan fingerprint density at radius 1 is 1.14 bits per heavy atom. The van der Waals surface area contributed by atoms with Gasteiger partial charge in [0.15, 0.2) is 5.76 Å². The minimum absolute atomic E-state index is 0.0684. The van der Waals surface area contributed by atoms with E-state index in [0.717, 1.165) is 5.69 Å². The topological polar surface area (TPSA) is 38.1 Å². The third-order valence-electron chi connectivity index (χ3n) is 7.62. The van der Waals surface area contributed by atoms with Gasteiger partial charge in [-0.2, -0.15) is 0 Å². The quantitative estimate of drug-likeness (QED) is 0.740. The van der Waals surface area contributed by atoms with Gasteiger partial charge in [0, 0.05) is 23.9 Å². The smallest absolute Gasteiger partial charge is 0.201 e. The summed E-state index contributed by atoms with van der Waals surface area (Å²) in [5.74, 6) is 1.63. The van der Waals surface area contributed by atoms with Crippen molar-refractivity contribution >= 4 is 12.2 Å². The molecule has 3 nitrogen and oxygen atoms in total. The summed E-state index contributed by atoms with van der Waals surface area (Å²) in [6.07, 6.45) is 8.30. The number of hydrogen-bond acceptors (Lipinski definition) is 3. The fraction of sp³-hybridized carbons (Fsp3) is 0.696. The number of halogens is 2. The molecule has 4 atom stereocenters. The van der Waals surface area contributed by atoms with Gasteiger partial charge in [0.2, 0.25) is 5.89 Å². The van der Waals surface area contributed by atoms with Crippen molar-refractivity contribution < 1.29 is 13.2 Å². The number of aromatic nitrogens is 1. The number of nitrogens with one attached hydrogen (secondary N) is 1. The van der Waals surface area contributed by atoms with Crippen LogP contribution in [0, 0.1) is 16.7 Å². The highest BCUT2D eigenvalue weighted by Crippen LogP contribution is 2.61. The maximum atomic E-state index is 15.6. The van der Waals surface area contributed by atoms with Gasteiger partial charge in [0.1, 0.15) is 11.4 Å². The molecule has 0 amide bonds. The average molecular weight is 391 g/mol. The molecular formula is C23H32F2N2O. The summed E-state index contributed by atoms with van der Waals surface area (Å²) in [5.41, 5.74) is -1.82. The number of alkyl halides is 2. The van der Waals surface area contributed by atoms with E-state index in [-0.39, 0.29) is 18.3 Å². The number of fused-ring (bicyclic) bond motifs is 1. The molecule has 1 aromatic heterocycles. The molecule has 2 aliphatic carbocycles. The van der Waals surface area contributed by atoms with Gasteiger partial charge in [-0.1, -0.05) is 32.9 Å². The highest BCUT2D eigenvalue weighted by atomic mass is 19.1. The van der Waals surface area contributed by atoms with Gasteiger partial charge in [-0.25, -0.2) is 13.8 Å². The summed E-state index contributed by atoms with van der Waals surface area (Å²) in [6, 6.07) is 0. The minimum Gasteiger partial charge on any atom is -0.440 e. The van der Waals surface area contributed by atoms with Crippen LogP contribution in [0.1, 0.15) is 71.2 Å². The van der Waals surface area contributed by atoms with Crippen LogP contribution >= 0.6 is 0 Å². The zero-order chi connectivity index (χ0) is 20.4. The third kappa shape index (κ3) is 2.89. The maximum Gasteiger partial charge on any atom is 0.201 e. The Labute approximate surface area is 166 Å². The second-order valence-corrected chi connectivity index (χ2v) is 10.2. The van der Waals surface area contributed by atoms with Crippen molar-refractivity contribution in [1.29, 1.82) is 0 Å². The van der Waals surface area contributed by atoms with Crippen LogP contribution in [0.4, 0.5) is 8.78 Å². The lowest BCUT2D eigenvalue weighted by Crippen LogP contribution is -2.60. The molecule has 5 heteroatoms. The summed E-state index contributed by atoms with van der Waals surface area (Å²) >= 11 is 0. The lowest BCUT2D eigenvalue weighted by Gasteiger charge is -2.46. The van der Waals surface area contributed by atoms with Gasteiger partial charge in [-0.3, -0.25) is 0 Å². The van der Waals surface area contributed by atoms with Crippen molar-refractivity contribution in [3.8, 4) is 0 Å². The molecule has 1 spiro atoms. The molecule has 28 heavy (non-hydrogen) atoms. The van der Waals surface area contributed by atoms with Gasteiger partial charge in [0.25, 0.3) is 0 Å². The first-order valence-corrected chi connectivity index (χ1v) is 10.4. The Morgan fingerprint density at radius 3 is 2.36 bits per heavy atom. The molecular weight excluding hydrogens is 358 g/mol. The van der Waals surface area contributed by atoms with E-state index in [4.69, 9.17) is 9.40 Å². The molecule has 1 N–H and O–H groups in total. The van der Waals surface area contributed by atoms with Crippen LogP contribution in [0.15, 0.2) is 16.6 Å². The van der Waals surface area contributed by atoms with E-state index in [2.05, 4.69) is 38.2 Å². The molecule has 3 aliphatic rings. The van der Waals surface area contributed by atoms with Crippen molar-refractivity contribution in [1.82, 2.24) is 10.3 Å². The Balaban J connectivity index is 1.73. The summed E-state index contributed by atoms with van der Waals surface area (Å²) in [6.45, 7) is 11.0. The van der Waals surface area contributed by atoms with Crippen LogP contribution in [-0.2, 0) is 5.41 Å². The Kier molecular flexibility index (Phi) is 4.42. The zero-order valence-corrected chi connectivity index (χ0v) is 17.6. The van der Waals surface area contributed by atoms with Crippen LogP contribution in [0.2, 0.25) is 0 Å². The first kappa shape index (κ1) is 19.8. The number of allylic oxidation sites excluding steroid dienone is 2. The number of oxazole rings is 1. The zero-order valence-electron chi connectivity index (χ0n) is 17.6. The summed E-state index contributed by atoms with van der Waals surface area (Å²) in [4.78, 5) is 4.77. The number of hydrogen-bond donors (Lipinski definition) is 1. The fourth-order valence-electron chi connectivity index (χ4n) is 5.32. The van der Waals surface area contributed by atoms with Crippen molar-refractivity contribution in [3.63, 3.8) is 0 Å². The van der Waals surface area contributed by atoms with E-state index >= 15 is 4.39 Å². The SMILES string of the molecule is CC(F)CC1(c2nc3c(o2)C=CC(C)(C(C)C)C=C3)CC(C)(F)C2(CNC2)C1. The van der Waals surface area contributed by atoms with E-state index in [0.29, 0.717) is 37.1 Å². The molecule has 2 heterocycles. The van der Waals surface area contributed by atoms with Gasteiger partial charge in [-0.05, 0) is 51.2 Å². The molecule has 0 bridgehead atoms. The predicted molar refractivity (Wildman–Crippen MR) is 108 cm³/mol. The van der Waals surface area contributed by atoms with E-state index in [1.54, 1.807) is 13.8 Å². The standard InChI is InChI=1S/C23H32F2N2O/c1-15(2)20(4)8-6-17-18(7-9-20)28-19(27-17)22(10-16(3)24)11-21(5,25)23(12-22)13-26-14-23/h6-9,15-16,26H,10-14H2,1-5H3. The Morgan fingerprint density at radius 2 is 1.82 bits per heavy atom. The van der Waals surface area contributed by atoms with Crippen molar-refractivity contribution in [2.24, 2.45) is 16.7 Å². The molecule has 4 rings (SSSR count). The first-order valence-electron chi connectivity index (χ1n) is 10.4. The highest BCUT2D eigenvalue weighted by Gasteiger charge is 2.66. The van der Waals surface area contributed by atoms with Gasteiger partial charge < -0.3 is 9.73 Å². The third-order valence-corrected chi connectivity index (χ3v) is 7.62. The minimum atomic E-state index is -1.36. The molecule has 154 valence electrons. The molecule has 4 unspecified atom stereocenters.